The van der Waals surface area contributed by atoms with E-state index in [1.165, 1.54) is 0 Å². The van der Waals surface area contributed by atoms with E-state index in [4.69, 9.17) is 11.6 Å². The van der Waals surface area contributed by atoms with E-state index in [1.807, 2.05) is 35.2 Å². The number of amides is 2. The number of carbonyl (C=O) groups is 2. The Kier molecular flexibility index (Phi) is 5.94. The molecule has 1 saturated heterocycles. The van der Waals surface area contributed by atoms with E-state index in [0.29, 0.717) is 10.6 Å². The van der Waals surface area contributed by atoms with Gasteiger partial charge in [-0.05, 0) is 37.5 Å². The van der Waals surface area contributed by atoms with Crippen LogP contribution in [0.5, 0.6) is 0 Å². The minimum absolute atomic E-state index is 0.0725. The molecule has 1 heterocycles. The molecule has 136 valence electrons. The van der Waals surface area contributed by atoms with Crippen LogP contribution >= 0.6 is 11.6 Å². The second-order valence-corrected chi connectivity index (χ2v) is 7.11. The summed E-state index contributed by atoms with van der Waals surface area (Å²) in [4.78, 5) is 27.4. The van der Waals surface area contributed by atoms with Gasteiger partial charge >= 0.3 is 0 Å². The lowest BCUT2D eigenvalue weighted by atomic mass is 10.0. The van der Waals surface area contributed by atoms with Gasteiger partial charge in [-0.1, -0.05) is 54.1 Å². The number of halogens is 1. The molecule has 0 radical (unpaired) electrons. The lowest BCUT2D eigenvalue weighted by Crippen LogP contribution is -2.38. The minimum atomic E-state index is -0.389. The molecule has 26 heavy (non-hydrogen) atoms. The van der Waals surface area contributed by atoms with Crippen LogP contribution in [-0.2, 0) is 4.79 Å². The van der Waals surface area contributed by atoms with E-state index < -0.39 is 0 Å². The van der Waals surface area contributed by atoms with E-state index >= 15 is 0 Å². The quantitative estimate of drug-likeness (QED) is 0.856. The molecule has 1 N–H and O–H groups in total. The molecule has 1 aliphatic heterocycles. The van der Waals surface area contributed by atoms with Crippen LogP contribution in [0.15, 0.2) is 54.6 Å². The molecule has 0 unspecified atom stereocenters. The third-order valence-corrected chi connectivity index (χ3v) is 5.21. The van der Waals surface area contributed by atoms with Crippen molar-refractivity contribution in [1.29, 1.82) is 0 Å². The maximum atomic E-state index is 12.8. The Labute approximate surface area is 159 Å². The van der Waals surface area contributed by atoms with Crippen molar-refractivity contribution < 1.29 is 9.59 Å². The van der Waals surface area contributed by atoms with Gasteiger partial charge in [0, 0.05) is 12.6 Å². The Bertz CT molecular complexity index is 779. The van der Waals surface area contributed by atoms with E-state index in [-0.39, 0.29) is 30.3 Å². The lowest BCUT2D eigenvalue weighted by Gasteiger charge is -2.25. The van der Waals surface area contributed by atoms with Crippen LogP contribution in [-0.4, -0.2) is 29.3 Å². The molecule has 2 aromatic rings. The summed E-state index contributed by atoms with van der Waals surface area (Å²) in [7, 11) is 0. The maximum absolute atomic E-state index is 12.8. The fourth-order valence-corrected chi connectivity index (χ4v) is 3.64. The molecular formula is C21H23ClN2O2. The predicted octanol–water partition coefficient (Wildman–Crippen LogP) is 4.21. The third-order valence-electron chi connectivity index (χ3n) is 4.88. The minimum Gasteiger partial charge on any atom is -0.345 e. The summed E-state index contributed by atoms with van der Waals surface area (Å²) < 4.78 is 0. The molecule has 5 heteroatoms. The van der Waals surface area contributed by atoms with Crippen LogP contribution in [0.25, 0.3) is 0 Å². The molecule has 2 aromatic carbocycles. The van der Waals surface area contributed by atoms with Gasteiger partial charge in [0.15, 0.2) is 0 Å². The van der Waals surface area contributed by atoms with Crippen molar-refractivity contribution >= 4 is 23.4 Å². The maximum Gasteiger partial charge on any atom is 0.253 e. The molecular weight excluding hydrogens is 348 g/mol. The largest absolute Gasteiger partial charge is 0.345 e. The Morgan fingerprint density at radius 2 is 1.85 bits per heavy atom. The zero-order valence-corrected chi connectivity index (χ0v) is 15.6. The number of hydrogen-bond acceptors (Lipinski definition) is 2. The first-order chi connectivity index (χ1) is 12.6. The molecule has 2 atom stereocenters. The van der Waals surface area contributed by atoms with Crippen molar-refractivity contribution in [2.24, 2.45) is 0 Å². The van der Waals surface area contributed by atoms with Gasteiger partial charge in [-0.25, -0.2) is 0 Å². The SMILES string of the molecule is C[C@@H]1CCCN1C(=O)C[C@H](NC(=O)c1ccccc1Cl)c1ccccc1. The summed E-state index contributed by atoms with van der Waals surface area (Å²) in [5.41, 5.74) is 1.32. The molecule has 0 spiro atoms. The summed E-state index contributed by atoms with van der Waals surface area (Å²) in [6, 6.07) is 16.4. The zero-order chi connectivity index (χ0) is 18.5. The highest BCUT2D eigenvalue weighted by Crippen LogP contribution is 2.24. The molecule has 0 bridgehead atoms. The summed E-state index contributed by atoms with van der Waals surface area (Å²) in [5.74, 6) is -0.199. The van der Waals surface area contributed by atoms with Crippen LogP contribution in [0, 0.1) is 0 Å². The Hall–Kier alpha value is -2.33. The van der Waals surface area contributed by atoms with Crippen LogP contribution < -0.4 is 5.32 Å². The standard InChI is InChI=1S/C21H23ClN2O2/c1-15-8-7-13-24(15)20(25)14-19(16-9-3-2-4-10-16)23-21(26)17-11-5-6-12-18(17)22/h2-6,9-12,15,19H,7-8,13-14H2,1H3,(H,23,26)/t15-,19+/m1/s1. The van der Waals surface area contributed by atoms with Crippen molar-refractivity contribution in [1.82, 2.24) is 10.2 Å². The highest BCUT2D eigenvalue weighted by Gasteiger charge is 2.28. The fourth-order valence-electron chi connectivity index (χ4n) is 3.41. The van der Waals surface area contributed by atoms with Crippen molar-refractivity contribution in [3.63, 3.8) is 0 Å². The number of rotatable bonds is 5. The number of carbonyl (C=O) groups excluding carboxylic acids is 2. The highest BCUT2D eigenvalue weighted by atomic mass is 35.5. The molecule has 2 amide bonds. The van der Waals surface area contributed by atoms with E-state index in [0.717, 1.165) is 24.9 Å². The predicted molar refractivity (Wildman–Crippen MR) is 103 cm³/mol. The zero-order valence-electron chi connectivity index (χ0n) is 14.8. The van der Waals surface area contributed by atoms with E-state index in [9.17, 15) is 9.59 Å². The van der Waals surface area contributed by atoms with Gasteiger partial charge in [0.05, 0.1) is 23.0 Å². The highest BCUT2D eigenvalue weighted by molar-refractivity contribution is 6.33. The van der Waals surface area contributed by atoms with Crippen molar-refractivity contribution in [3.8, 4) is 0 Å². The van der Waals surface area contributed by atoms with Crippen molar-refractivity contribution in [3.05, 3.63) is 70.7 Å². The first kappa shape index (κ1) is 18.5. The Balaban J connectivity index is 1.79. The normalized spacial score (nSPS) is 17.8. The Morgan fingerprint density at radius 1 is 1.15 bits per heavy atom. The van der Waals surface area contributed by atoms with Gasteiger partial charge in [-0.2, -0.15) is 0 Å². The van der Waals surface area contributed by atoms with Gasteiger partial charge in [0.1, 0.15) is 0 Å². The third kappa shape index (κ3) is 4.25. The molecule has 1 aliphatic rings. The van der Waals surface area contributed by atoms with Crippen LogP contribution in [0.2, 0.25) is 5.02 Å². The molecule has 0 aliphatic carbocycles. The summed E-state index contributed by atoms with van der Waals surface area (Å²) in [6.07, 6.45) is 2.31. The average Bonchev–Trinajstić information content (AvgIpc) is 3.08. The smallest absolute Gasteiger partial charge is 0.253 e. The van der Waals surface area contributed by atoms with Gasteiger partial charge in [-0.3, -0.25) is 9.59 Å². The number of nitrogens with one attached hydrogen (secondary N) is 1. The van der Waals surface area contributed by atoms with Crippen LogP contribution in [0.3, 0.4) is 0 Å². The van der Waals surface area contributed by atoms with Crippen molar-refractivity contribution in [2.75, 3.05) is 6.54 Å². The van der Waals surface area contributed by atoms with Crippen molar-refractivity contribution in [2.45, 2.75) is 38.3 Å². The van der Waals surface area contributed by atoms with Gasteiger partial charge in [0.2, 0.25) is 5.91 Å². The monoisotopic (exact) mass is 370 g/mol. The van der Waals surface area contributed by atoms with Gasteiger partial charge < -0.3 is 10.2 Å². The topological polar surface area (TPSA) is 49.4 Å². The number of likely N-dealkylation sites (tertiary alicyclic amines) is 1. The lowest BCUT2D eigenvalue weighted by molar-refractivity contribution is -0.132. The summed E-state index contributed by atoms with van der Waals surface area (Å²) >= 11 is 6.14. The summed E-state index contributed by atoms with van der Waals surface area (Å²) in [6.45, 7) is 2.87. The second-order valence-electron chi connectivity index (χ2n) is 6.70. The van der Waals surface area contributed by atoms with E-state index in [2.05, 4.69) is 12.2 Å². The second kappa shape index (κ2) is 8.37. The average molecular weight is 371 g/mol. The number of nitrogens with zero attached hydrogens (tertiary/aromatic N) is 1. The van der Waals surface area contributed by atoms with E-state index in [1.54, 1.807) is 24.3 Å². The van der Waals surface area contributed by atoms with Crippen LogP contribution in [0.4, 0.5) is 0 Å². The molecule has 1 fully saturated rings. The summed E-state index contributed by atoms with van der Waals surface area (Å²) in [5, 5.41) is 3.39. The molecule has 0 saturated carbocycles. The van der Waals surface area contributed by atoms with Gasteiger partial charge in [0.25, 0.3) is 5.91 Å². The number of benzene rings is 2. The number of hydrogen-bond donors (Lipinski definition) is 1. The fraction of sp³-hybridized carbons (Fsp3) is 0.333. The molecule has 4 nitrogen and oxygen atoms in total. The first-order valence-corrected chi connectivity index (χ1v) is 9.34. The Morgan fingerprint density at radius 3 is 2.50 bits per heavy atom. The molecule has 3 rings (SSSR count). The van der Waals surface area contributed by atoms with Crippen LogP contribution in [0.1, 0.15) is 48.1 Å². The molecule has 0 aromatic heterocycles. The first-order valence-electron chi connectivity index (χ1n) is 8.96. The van der Waals surface area contributed by atoms with Gasteiger partial charge in [-0.15, -0.1) is 0 Å².